The fraction of sp³-hybridized carbons (Fsp3) is 0.150. The van der Waals surface area contributed by atoms with E-state index in [-0.39, 0.29) is 18.2 Å². The second-order valence-corrected chi connectivity index (χ2v) is 7.77. The molecule has 1 aromatic heterocycles. The fourth-order valence-electron chi connectivity index (χ4n) is 3.43. The minimum absolute atomic E-state index is 0.0903. The van der Waals surface area contributed by atoms with Gasteiger partial charge in [0.05, 0.1) is 4.47 Å². The third-order valence-electron chi connectivity index (χ3n) is 4.68. The lowest BCUT2D eigenvalue weighted by Crippen LogP contribution is -2.35. The Morgan fingerprint density at radius 2 is 1.75 bits per heavy atom. The predicted molar refractivity (Wildman–Crippen MR) is 108 cm³/mol. The summed E-state index contributed by atoms with van der Waals surface area (Å²) in [6.07, 6.45) is -0.797. The normalized spacial score (nSPS) is 13.5. The number of carboxylic acid groups (broad SMARTS) is 1. The average molecular weight is 459 g/mol. The summed E-state index contributed by atoms with van der Waals surface area (Å²) in [5.74, 6) is -1.30. The maximum atomic E-state index is 12.3. The average Bonchev–Trinajstić information content (AvgIpc) is 3.25. The number of carboxylic acids is 1. The molecule has 28 heavy (non-hydrogen) atoms. The van der Waals surface area contributed by atoms with Gasteiger partial charge in [0, 0.05) is 11.3 Å². The summed E-state index contributed by atoms with van der Waals surface area (Å²) in [5, 5.41) is 13.5. The number of aliphatic carboxylic acids is 1. The van der Waals surface area contributed by atoms with Crippen LogP contribution in [0.2, 0.25) is 0 Å². The first kappa shape index (κ1) is 18.6. The minimum Gasteiger partial charge on any atom is -0.479 e. The number of carbonyl (C=O) groups excluding carboxylic acids is 1. The van der Waals surface area contributed by atoms with Crippen LogP contribution >= 0.6 is 27.5 Å². The summed E-state index contributed by atoms with van der Waals surface area (Å²) in [5.41, 5.74) is 4.68. The van der Waals surface area contributed by atoms with E-state index in [1.165, 1.54) is 0 Å². The Balaban J connectivity index is 1.49. The highest BCUT2D eigenvalue weighted by atomic mass is 79.9. The maximum absolute atomic E-state index is 12.3. The lowest BCUT2D eigenvalue weighted by atomic mass is 9.98. The quantitative estimate of drug-likeness (QED) is 0.584. The third-order valence-corrected chi connectivity index (χ3v) is 6.26. The van der Waals surface area contributed by atoms with Crippen molar-refractivity contribution in [2.45, 2.75) is 12.0 Å². The number of fused-ring (bicyclic) bond motifs is 3. The highest BCUT2D eigenvalue weighted by molar-refractivity contribution is 9.10. The van der Waals surface area contributed by atoms with Gasteiger partial charge in [-0.05, 0) is 49.7 Å². The molecule has 1 unspecified atom stereocenters. The second-order valence-electron chi connectivity index (χ2n) is 6.29. The van der Waals surface area contributed by atoms with Crippen molar-refractivity contribution in [2.24, 2.45) is 0 Å². The zero-order chi connectivity index (χ0) is 19.7. The van der Waals surface area contributed by atoms with Gasteiger partial charge in [0.2, 0.25) is 0 Å². The van der Waals surface area contributed by atoms with E-state index in [0.717, 1.165) is 33.8 Å². The molecule has 1 aliphatic rings. The second kappa shape index (κ2) is 7.73. The van der Waals surface area contributed by atoms with Crippen molar-refractivity contribution >= 4 is 39.5 Å². The van der Waals surface area contributed by atoms with Crippen molar-refractivity contribution in [2.75, 3.05) is 6.61 Å². The van der Waals surface area contributed by atoms with E-state index in [1.807, 2.05) is 36.4 Å². The predicted octanol–water partition coefficient (Wildman–Crippen LogP) is 4.57. The first-order valence-electron chi connectivity index (χ1n) is 8.50. The zero-order valence-electron chi connectivity index (χ0n) is 14.5. The molecule has 4 rings (SSSR count). The zero-order valence-corrected chi connectivity index (χ0v) is 16.9. The van der Waals surface area contributed by atoms with Crippen molar-refractivity contribution < 1.29 is 19.4 Å². The van der Waals surface area contributed by atoms with E-state index in [0.29, 0.717) is 4.47 Å². The summed E-state index contributed by atoms with van der Waals surface area (Å²) in [7, 11) is 0. The Labute approximate surface area is 173 Å². The summed E-state index contributed by atoms with van der Waals surface area (Å²) < 4.78 is 9.97. The molecular weight excluding hydrogens is 444 g/mol. The number of amides is 1. The summed E-state index contributed by atoms with van der Waals surface area (Å²) >= 11 is 4.35. The SMILES string of the molecule is O=C(NC(C(=O)O)c1nscc1Br)OCC1c2ccccc2-c2ccccc21. The van der Waals surface area contributed by atoms with Crippen LogP contribution < -0.4 is 5.32 Å². The molecule has 1 amide bonds. The number of aromatic nitrogens is 1. The van der Waals surface area contributed by atoms with Crippen LogP contribution in [-0.2, 0) is 9.53 Å². The van der Waals surface area contributed by atoms with Gasteiger partial charge in [-0.2, -0.15) is 4.37 Å². The van der Waals surface area contributed by atoms with Crippen molar-refractivity contribution in [3.63, 3.8) is 0 Å². The van der Waals surface area contributed by atoms with Gasteiger partial charge >= 0.3 is 12.1 Å². The van der Waals surface area contributed by atoms with Gasteiger partial charge in [0.1, 0.15) is 12.3 Å². The monoisotopic (exact) mass is 458 g/mol. The lowest BCUT2D eigenvalue weighted by molar-refractivity contribution is -0.139. The largest absolute Gasteiger partial charge is 0.479 e. The first-order valence-corrected chi connectivity index (χ1v) is 10.1. The Kier molecular flexibility index (Phi) is 5.15. The molecule has 0 saturated heterocycles. The molecular formula is C20H15BrN2O4S. The smallest absolute Gasteiger partial charge is 0.408 e. The van der Waals surface area contributed by atoms with Gasteiger partial charge in [-0.1, -0.05) is 48.5 Å². The fourth-order valence-corrected chi connectivity index (χ4v) is 4.70. The van der Waals surface area contributed by atoms with Crippen molar-refractivity contribution in [3.8, 4) is 11.1 Å². The molecule has 2 aromatic carbocycles. The third kappa shape index (κ3) is 3.41. The Morgan fingerprint density at radius 3 is 2.29 bits per heavy atom. The number of hydrogen-bond acceptors (Lipinski definition) is 5. The van der Waals surface area contributed by atoms with Crippen LogP contribution in [0.1, 0.15) is 28.8 Å². The van der Waals surface area contributed by atoms with Crippen LogP contribution in [0, 0.1) is 0 Å². The highest BCUT2D eigenvalue weighted by Crippen LogP contribution is 2.44. The number of rotatable bonds is 5. The van der Waals surface area contributed by atoms with Crippen molar-refractivity contribution in [1.82, 2.24) is 9.69 Å². The number of nitrogens with zero attached hydrogens (tertiary/aromatic N) is 1. The van der Waals surface area contributed by atoms with Crippen molar-refractivity contribution in [3.05, 3.63) is 75.2 Å². The number of alkyl carbamates (subject to hydrolysis) is 1. The van der Waals surface area contributed by atoms with E-state index < -0.39 is 18.1 Å². The van der Waals surface area contributed by atoms with Gasteiger partial charge in [-0.15, -0.1) is 0 Å². The summed E-state index contributed by atoms with van der Waals surface area (Å²) in [6, 6.07) is 14.7. The van der Waals surface area contributed by atoms with Gasteiger partial charge in [0.25, 0.3) is 0 Å². The van der Waals surface area contributed by atoms with E-state index >= 15 is 0 Å². The number of hydrogen-bond donors (Lipinski definition) is 2. The molecule has 3 aromatic rings. The van der Waals surface area contributed by atoms with Crippen molar-refractivity contribution in [1.29, 1.82) is 0 Å². The van der Waals surface area contributed by atoms with E-state index in [4.69, 9.17) is 4.74 Å². The van der Waals surface area contributed by atoms with Crippen LogP contribution in [0.3, 0.4) is 0 Å². The van der Waals surface area contributed by atoms with E-state index in [1.54, 1.807) is 5.38 Å². The molecule has 6 nitrogen and oxygen atoms in total. The number of carbonyl (C=O) groups is 2. The summed E-state index contributed by atoms with van der Waals surface area (Å²) in [4.78, 5) is 23.9. The number of ether oxygens (including phenoxy) is 1. The molecule has 1 aliphatic carbocycles. The van der Waals surface area contributed by atoms with Crippen LogP contribution in [0.5, 0.6) is 0 Å². The molecule has 0 bridgehead atoms. The molecule has 8 heteroatoms. The minimum atomic E-state index is -1.28. The Bertz CT molecular complexity index is 1010. The molecule has 0 spiro atoms. The topological polar surface area (TPSA) is 88.5 Å². The first-order chi connectivity index (χ1) is 13.6. The van der Waals surface area contributed by atoms with Gasteiger partial charge in [0.15, 0.2) is 6.04 Å². The molecule has 1 atom stereocenters. The van der Waals surface area contributed by atoms with Gasteiger partial charge in [-0.3, -0.25) is 0 Å². The molecule has 0 radical (unpaired) electrons. The Hall–Kier alpha value is -2.71. The van der Waals surface area contributed by atoms with E-state index in [9.17, 15) is 14.7 Å². The molecule has 0 aliphatic heterocycles. The van der Waals surface area contributed by atoms with Crippen LogP contribution in [0.4, 0.5) is 4.79 Å². The van der Waals surface area contributed by atoms with Crippen LogP contribution in [-0.4, -0.2) is 28.1 Å². The van der Waals surface area contributed by atoms with E-state index in [2.05, 4.69) is 37.8 Å². The molecule has 142 valence electrons. The van der Waals surface area contributed by atoms with Crippen LogP contribution in [0.25, 0.3) is 11.1 Å². The number of nitrogens with one attached hydrogen (secondary N) is 1. The molecule has 2 N–H and O–H groups in total. The van der Waals surface area contributed by atoms with Gasteiger partial charge < -0.3 is 15.2 Å². The number of benzene rings is 2. The molecule has 0 fully saturated rings. The number of halogens is 1. The molecule has 0 saturated carbocycles. The maximum Gasteiger partial charge on any atom is 0.408 e. The lowest BCUT2D eigenvalue weighted by Gasteiger charge is -2.17. The van der Waals surface area contributed by atoms with Crippen LogP contribution in [0.15, 0.2) is 58.4 Å². The van der Waals surface area contributed by atoms with Gasteiger partial charge in [-0.25, -0.2) is 9.59 Å². The molecule has 1 heterocycles. The Morgan fingerprint density at radius 1 is 1.14 bits per heavy atom. The summed E-state index contributed by atoms with van der Waals surface area (Å²) in [6.45, 7) is 0.116. The highest BCUT2D eigenvalue weighted by Gasteiger charge is 2.31. The standard InChI is InChI=1S/C20H15BrN2O4S/c21-16-10-28-23-17(16)18(19(24)25)22-20(26)27-9-15-13-7-3-1-5-11(13)12-6-2-4-8-14(12)15/h1-8,10,15,18H,9H2,(H,22,26)(H,24,25).